The molecule has 0 radical (unpaired) electrons. The monoisotopic (exact) mass is 193 g/mol. The molecule has 1 saturated carbocycles. The summed E-state index contributed by atoms with van der Waals surface area (Å²) in [6.07, 6.45) is 9.38. The maximum Gasteiger partial charge on any atom is 0.0534 e. The van der Waals surface area contributed by atoms with Crippen LogP contribution in [0.3, 0.4) is 0 Å². The molecule has 1 heterocycles. The number of hydrogen-bond donors (Lipinski definition) is 1. The highest BCUT2D eigenvalue weighted by Gasteiger charge is 2.29. The number of nitrogens with two attached hydrogens (primary N) is 1. The van der Waals surface area contributed by atoms with Gasteiger partial charge in [-0.05, 0) is 18.3 Å². The van der Waals surface area contributed by atoms with Gasteiger partial charge in [0.2, 0.25) is 0 Å². The van der Waals surface area contributed by atoms with E-state index in [1.807, 2.05) is 10.9 Å². The molecule has 0 spiro atoms. The third-order valence-corrected chi connectivity index (χ3v) is 3.28. The van der Waals surface area contributed by atoms with Gasteiger partial charge in [0, 0.05) is 24.8 Å². The second-order valence-corrected chi connectivity index (χ2v) is 4.77. The molecule has 2 N–H and O–H groups in total. The molecule has 78 valence electrons. The van der Waals surface area contributed by atoms with Gasteiger partial charge in [-0.15, -0.1) is 0 Å². The first-order valence-electron chi connectivity index (χ1n) is 5.43. The zero-order valence-corrected chi connectivity index (χ0v) is 8.87. The molecule has 0 aliphatic heterocycles. The lowest BCUT2D eigenvalue weighted by Crippen LogP contribution is -2.19. The molecule has 1 aliphatic carbocycles. The molecule has 0 aromatic carbocycles. The minimum Gasteiger partial charge on any atom is -0.326 e. The van der Waals surface area contributed by atoms with E-state index in [1.165, 1.54) is 25.7 Å². The van der Waals surface area contributed by atoms with Gasteiger partial charge in [-0.1, -0.05) is 19.8 Å². The van der Waals surface area contributed by atoms with Gasteiger partial charge in [-0.3, -0.25) is 4.68 Å². The van der Waals surface area contributed by atoms with Crippen molar-refractivity contribution in [1.29, 1.82) is 0 Å². The van der Waals surface area contributed by atoms with Crippen molar-refractivity contribution in [1.82, 2.24) is 9.78 Å². The lowest BCUT2D eigenvalue weighted by molar-refractivity contribution is 0.268. The summed E-state index contributed by atoms with van der Waals surface area (Å²) in [7, 11) is 0. The zero-order chi connectivity index (χ0) is 10.0. The summed E-state index contributed by atoms with van der Waals surface area (Å²) in [5.74, 6) is 0. The van der Waals surface area contributed by atoms with Crippen LogP contribution in [0.5, 0.6) is 0 Å². The Bertz CT molecular complexity index is 297. The molecule has 2 rings (SSSR count). The van der Waals surface area contributed by atoms with Gasteiger partial charge in [-0.25, -0.2) is 0 Å². The van der Waals surface area contributed by atoms with Crippen molar-refractivity contribution in [3.63, 3.8) is 0 Å². The van der Waals surface area contributed by atoms with E-state index in [2.05, 4.69) is 18.2 Å². The number of rotatable bonds is 3. The van der Waals surface area contributed by atoms with Gasteiger partial charge in [0.05, 0.1) is 6.20 Å². The molecule has 1 aliphatic rings. The Morgan fingerprint density at radius 2 is 2.21 bits per heavy atom. The van der Waals surface area contributed by atoms with Crippen LogP contribution in [0.15, 0.2) is 12.4 Å². The van der Waals surface area contributed by atoms with Gasteiger partial charge < -0.3 is 5.73 Å². The van der Waals surface area contributed by atoms with Gasteiger partial charge in [0.1, 0.15) is 0 Å². The second kappa shape index (κ2) is 3.73. The summed E-state index contributed by atoms with van der Waals surface area (Å²) in [6.45, 7) is 4.01. The SMILES string of the molecule is CC1(Cn2cc(CN)cn2)CCCC1. The van der Waals surface area contributed by atoms with Crippen molar-refractivity contribution < 1.29 is 0 Å². The second-order valence-electron chi connectivity index (χ2n) is 4.77. The molecular weight excluding hydrogens is 174 g/mol. The maximum atomic E-state index is 5.55. The summed E-state index contributed by atoms with van der Waals surface area (Å²) in [6, 6.07) is 0. The predicted molar refractivity (Wildman–Crippen MR) is 56.7 cm³/mol. The molecule has 3 nitrogen and oxygen atoms in total. The smallest absolute Gasteiger partial charge is 0.0534 e. The first-order chi connectivity index (χ1) is 6.72. The quantitative estimate of drug-likeness (QED) is 0.797. The van der Waals surface area contributed by atoms with Crippen molar-refractivity contribution >= 4 is 0 Å². The standard InChI is InChI=1S/C11H19N3/c1-11(4-2-3-5-11)9-14-8-10(6-12)7-13-14/h7-8H,2-6,9,12H2,1H3. The summed E-state index contributed by atoms with van der Waals surface area (Å²) >= 11 is 0. The van der Waals surface area contributed by atoms with Crippen molar-refractivity contribution in [2.24, 2.45) is 11.1 Å². The van der Waals surface area contributed by atoms with Crippen LogP contribution >= 0.6 is 0 Å². The zero-order valence-electron chi connectivity index (χ0n) is 8.87. The predicted octanol–water partition coefficient (Wildman–Crippen LogP) is 1.92. The number of nitrogens with zero attached hydrogens (tertiary/aromatic N) is 2. The van der Waals surface area contributed by atoms with Gasteiger partial charge >= 0.3 is 0 Å². The third-order valence-electron chi connectivity index (χ3n) is 3.28. The van der Waals surface area contributed by atoms with E-state index >= 15 is 0 Å². The van der Waals surface area contributed by atoms with Crippen LogP contribution in [0.25, 0.3) is 0 Å². The average molecular weight is 193 g/mol. The molecule has 0 unspecified atom stereocenters. The van der Waals surface area contributed by atoms with E-state index in [4.69, 9.17) is 5.73 Å². The molecule has 0 amide bonds. The van der Waals surface area contributed by atoms with Crippen LogP contribution in [-0.2, 0) is 13.1 Å². The van der Waals surface area contributed by atoms with Crippen molar-refractivity contribution in [2.75, 3.05) is 0 Å². The Balaban J connectivity index is 2.02. The Labute approximate surface area is 85.3 Å². The number of aromatic nitrogens is 2. The lowest BCUT2D eigenvalue weighted by Gasteiger charge is -2.22. The summed E-state index contributed by atoms with van der Waals surface area (Å²) in [4.78, 5) is 0. The van der Waals surface area contributed by atoms with E-state index in [-0.39, 0.29) is 0 Å². The molecule has 0 bridgehead atoms. The van der Waals surface area contributed by atoms with Gasteiger partial charge in [0.25, 0.3) is 0 Å². The van der Waals surface area contributed by atoms with E-state index in [0.29, 0.717) is 12.0 Å². The third kappa shape index (κ3) is 1.98. The van der Waals surface area contributed by atoms with Crippen LogP contribution in [-0.4, -0.2) is 9.78 Å². The van der Waals surface area contributed by atoms with E-state index < -0.39 is 0 Å². The van der Waals surface area contributed by atoms with Crippen LogP contribution in [0.4, 0.5) is 0 Å². The highest BCUT2D eigenvalue weighted by atomic mass is 15.3. The molecule has 1 fully saturated rings. The molecule has 14 heavy (non-hydrogen) atoms. The first-order valence-corrected chi connectivity index (χ1v) is 5.43. The largest absolute Gasteiger partial charge is 0.326 e. The first kappa shape index (κ1) is 9.71. The van der Waals surface area contributed by atoms with Crippen LogP contribution in [0.2, 0.25) is 0 Å². The molecule has 0 saturated heterocycles. The van der Waals surface area contributed by atoms with Crippen LogP contribution in [0, 0.1) is 5.41 Å². The Morgan fingerprint density at radius 3 is 2.79 bits per heavy atom. The average Bonchev–Trinajstić information content (AvgIpc) is 2.75. The summed E-state index contributed by atoms with van der Waals surface area (Å²) in [5.41, 5.74) is 7.15. The van der Waals surface area contributed by atoms with E-state index in [0.717, 1.165) is 12.1 Å². The fourth-order valence-electron chi connectivity index (χ4n) is 2.38. The van der Waals surface area contributed by atoms with E-state index in [9.17, 15) is 0 Å². The Morgan fingerprint density at radius 1 is 1.50 bits per heavy atom. The normalized spacial score (nSPS) is 20.1. The fraction of sp³-hybridized carbons (Fsp3) is 0.727. The summed E-state index contributed by atoms with van der Waals surface area (Å²) < 4.78 is 2.05. The lowest BCUT2D eigenvalue weighted by atomic mass is 9.89. The molecule has 3 heteroatoms. The minimum absolute atomic E-state index is 0.470. The Hall–Kier alpha value is -0.830. The minimum atomic E-state index is 0.470. The van der Waals surface area contributed by atoms with Crippen molar-refractivity contribution in [3.05, 3.63) is 18.0 Å². The molecule has 1 aromatic rings. The topological polar surface area (TPSA) is 43.8 Å². The fourth-order valence-corrected chi connectivity index (χ4v) is 2.38. The van der Waals surface area contributed by atoms with Crippen molar-refractivity contribution in [2.45, 2.75) is 45.7 Å². The highest BCUT2D eigenvalue weighted by Crippen LogP contribution is 2.38. The van der Waals surface area contributed by atoms with Gasteiger partial charge in [-0.2, -0.15) is 5.10 Å². The highest BCUT2D eigenvalue weighted by molar-refractivity contribution is 5.03. The Kier molecular flexibility index (Phi) is 2.59. The maximum absolute atomic E-state index is 5.55. The van der Waals surface area contributed by atoms with Crippen LogP contribution in [0.1, 0.15) is 38.2 Å². The van der Waals surface area contributed by atoms with E-state index in [1.54, 1.807) is 0 Å². The molecular formula is C11H19N3. The number of hydrogen-bond acceptors (Lipinski definition) is 2. The molecule has 1 aromatic heterocycles. The van der Waals surface area contributed by atoms with Gasteiger partial charge in [0.15, 0.2) is 0 Å². The summed E-state index contributed by atoms with van der Waals surface area (Å²) in [5, 5.41) is 4.33. The van der Waals surface area contributed by atoms with Crippen molar-refractivity contribution in [3.8, 4) is 0 Å². The molecule has 0 atom stereocenters. The van der Waals surface area contributed by atoms with Crippen LogP contribution < -0.4 is 5.73 Å².